The molecule has 0 aliphatic carbocycles. The fourth-order valence-corrected chi connectivity index (χ4v) is 4.44. The molecule has 4 rings (SSSR count). The van der Waals surface area contributed by atoms with Crippen molar-refractivity contribution in [1.82, 2.24) is 4.40 Å². The summed E-state index contributed by atoms with van der Waals surface area (Å²) in [7, 11) is -3.33. The summed E-state index contributed by atoms with van der Waals surface area (Å²) in [5.74, 6) is -0.514. The summed E-state index contributed by atoms with van der Waals surface area (Å²) in [6, 6.07) is 12.6. The van der Waals surface area contributed by atoms with Crippen LogP contribution < -0.4 is 4.31 Å². The van der Waals surface area contributed by atoms with Crippen molar-refractivity contribution < 1.29 is 17.9 Å². The molecule has 3 aromatic rings. The Morgan fingerprint density at radius 2 is 2.11 bits per heavy atom. The van der Waals surface area contributed by atoms with Gasteiger partial charge in [-0.2, -0.15) is 5.26 Å². The zero-order chi connectivity index (χ0) is 19.9. The fourth-order valence-electron chi connectivity index (χ4n) is 3.49. The lowest BCUT2D eigenvalue weighted by molar-refractivity contribution is 0.0472. The third-order valence-electron chi connectivity index (χ3n) is 4.80. The highest BCUT2D eigenvalue weighted by molar-refractivity contribution is 7.92. The molecule has 7 nitrogen and oxygen atoms in total. The molecule has 1 aliphatic rings. The van der Waals surface area contributed by atoms with Crippen LogP contribution in [0.4, 0.5) is 5.69 Å². The summed E-state index contributed by atoms with van der Waals surface area (Å²) in [4.78, 5) is 12.5. The Morgan fingerprint density at radius 3 is 2.86 bits per heavy atom. The van der Waals surface area contributed by atoms with E-state index in [-0.39, 0.29) is 6.61 Å². The van der Waals surface area contributed by atoms with Gasteiger partial charge < -0.3 is 9.14 Å². The van der Waals surface area contributed by atoms with Gasteiger partial charge in [-0.25, -0.2) is 13.2 Å². The van der Waals surface area contributed by atoms with Crippen LogP contribution in [-0.2, 0) is 27.8 Å². The number of carbonyl (C=O) groups excluding carboxylic acids is 1. The maximum atomic E-state index is 12.5. The molecule has 0 radical (unpaired) electrons. The molecule has 0 saturated carbocycles. The summed E-state index contributed by atoms with van der Waals surface area (Å²) in [5.41, 5.74) is 3.63. The number of hydrogen-bond donors (Lipinski definition) is 0. The highest BCUT2D eigenvalue weighted by Crippen LogP contribution is 2.31. The number of anilines is 1. The van der Waals surface area contributed by atoms with Gasteiger partial charge in [0.05, 0.1) is 28.6 Å². The van der Waals surface area contributed by atoms with E-state index < -0.39 is 16.0 Å². The zero-order valence-corrected chi connectivity index (χ0v) is 15.9. The van der Waals surface area contributed by atoms with Gasteiger partial charge in [-0.15, -0.1) is 0 Å². The Labute approximate surface area is 162 Å². The van der Waals surface area contributed by atoms with Crippen LogP contribution in [0.3, 0.4) is 0 Å². The molecule has 0 bridgehead atoms. The number of nitrogens with zero attached hydrogens (tertiary/aromatic N) is 3. The fraction of sp³-hybridized carbons (Fsp3) is 0.200. The number of aromatic nitrogens is 1. The molecule has 0 unspecified atom stereocenters. The number of fused-ring (bicyclic) bond motifs is 2. The van der Waals surface area contributed by atoms with Crippen molar-refractivity contribution in [2.24, 2.45) is 0 Å². The van der Waals surface area contributed by atoms with Crippen molar-refractivity contribution in [2.45, 2.75) is 13.0 Å². The molecule has 0 N–H and O–H groups in total. The number of rotatable bonds is 4. The molecule has 0 fully saturated rings. The third-order valence-corrected chi connectivity index (χ3v) is 5.98. The van der Waals surface area contributed by atoms with Gasteiger partial charge in [-0.3, -0.25) is 4.31 Å². The Morgan fingerprint density at radius 1 is 1.29 bits per heavy atom. The van der Waals surface area contributed by atoms with E-state index in [1.807, 2.05) is 28.8 Å². The number of nitriles is 1. The SMILES string of the molecule is CS(=O)(=O)N1CCc2cc(C(=O)OCc3cn4ccccc4c3C#N)ccc21. The van der Waals surface area contributed by atoms with E-state index in [1.54, 1.807) is 24.4 Å². The lowest BCUT2D eigenvalue weighted by Crippen LogP contribution is -2.27. The average Bonchev–Trinajstić information content (AvgIpc) is 3.26. The van der Waals surface area contributed by atoms with Crippen LogP contribution in [0.5, 0.6) is 0 Å². The normalized spacial score (nSPS) is 13.4. The average molecular weight is 395 g/mol. The largest absolute Gasteiger partial charge is 0.457 e. The van der Waals surface area contributed by atoms with E-state index in [9.17, 15) is 18.5 Å². The minimum atomic E-state index is -3.33. The van der Waals surface area contributed by atoms with E-state index in [4.69, 9.17) is 4.74 Å². The van der Waals surface area contributed by atoms with Gasteiger partial charge >= 0.3 is 5.97 Å². The summed E-state index contributed by atoms with van der Waals surface area (Å²) >= 11 is 0. The lowest BCUT2D eigenvalue weighted by atomic mass is 10.1. The van der Waals surface area contributed by atoms with Gasteiger partial charge in [0.25, 0.3) is 0 Å². The van der Waals surface area contributed by atoms with Crippen LogP contribution in [0.2, 0.25) is 0 Å². The van der Waals surface area contributed by atoms with Crippen LogP contribution in [0.1, 0.15) is 27.0 Å². The number of hydrogen-bond acceptors (Lipinski definition) is 5. The summed E-state index contributed by atoms with van der Waals surface area (Å²) in [6.07, 6.45) is 5.31. The standard InChI is InChI=1S/C20H17N3O4S/c1-28(25,26)23-9-7-14-10-15(5-6-18(14)23)20(24)27-13-16-12-22-8-3-2-4-19(22)17(16)11-21/h2-6,8,10,12H,7,9,13H2,1H3. The van der Waals surface area contributed by atoms with Crippen molar-refractivity contribution in [3.63, 3.8) is 0 Å². The van der Waals surface area contributed by atoms with E-state index in [0.717, 1.165) is 11.1 Å². The van der Waals surface area contributed by atoms with Gasteiger partial charge in [0.15, 0.2) is 0 Å². The molecule has 0 spiro atoms. The molecule has 2 aromatic heterocycles. The molecule has 0 saturated heterocycles. The van der Waals surface area contributed by atoms with Crippen molar-refractivity contribution in [2.75, 3.05) is 17.1 Å². The minimum absolute atomic E-state index is 0.0179. The first-order valence-electron chi connectivity index (χ1n) is 8.65. The van der Waals surface area contributed by atoms with Gasteiger partial charge in [0.2, 0.25) is 10.0 Å². The van der Waals surface area contributed by atoms with Crippen molar-refractivity contribution in [1.29, 1.82) is 5.26 Å². The Kier molecular flexibility index (Phi) is 4.32. The Bertz CT molecular complexity index is 1240. The van der Waals surface area contributed by atoms with Gasteiger partial charge in [0.1, 0.15) is 12.7 Å². The third kappa shape index (κ3) is 3.10. The molecule has 28 heavy (non-hydrogen) atoms. The molecule has 0 amide bonds. The van der Waals surface area contributed by atoms with Crippen molar-refractivity contribution in [3.8, 4) is 6.07 Å². The van der Waals surface area contributed by atoms with Crippen LogP contribution in [-0.4, -0.2) is 31.6 Å². The number of esters is 1. The van der Waals surface area contributed by atoms with Crippen molar-refractivity contribution in [3.05, 3.63) is 71.0 Å². The number of carbonyl (C=O) groups is 1. The molecule has 1 aliphatic heterocycles. The predicted octanol–water partition coefficient (Wildman–Crippen LogP) is 2.49. The summed E-state index contributed by atoms with van der Waals surface area (Å²) in [6.45, 7) is 0.353. The molecule has 8 heteroatoms. The van der Waals surface area contributed by atoms with Gasteiger partial charge in [-0.05, 0) is 42.3 Å². The van der Waals surface area contributed by atoms with Crippen LogP contribution in [0.15, 0.2) is 48.8 Å². The van der Waals surface area contributed by atoms with Crippen LogP contribution in [0, 0.1) is 11.3 Å². The molecule has 1 aromatic carbocycles. The first-order valence-corrected chi connectivity index (χ1v) is 10.5. The zero-order valence-electron chi connectivity index (χ0n) is 15.1. The number of benzene rings is 1. The predicted molar refractivity (Wildman–Crippen MR) is 104 cm³/mol. The number of sulfonamides is 1. The van der Waals surface area contributed by atoms with E-state index >= 15 is 0 Å². The van der Waals surface area contributed by atoms with E-state index in [1.165, 1.54) is 10.6 Å². The molecule has 142 valence electrons. The van der Waals surface area contributed by atoms with Gasteiger partial charge in [-0.1, -0.05) is 6.07 Å². The molecule has 3 heterocycles. The quantitative estimate of drug-likeness (QED) is 0.633. The molecular formula is C20H17N3O4S. The second kappa shape index (κ2) is 6.69. The highest BCUT2D eigenvalue weighted by atomic mass is 32.2. The van der Waals surface area contributed by atoms with Crippen LogP contribution in [0.25, 0.3) is 5.52 Å². The minimum Gasteiger partial charge on any atom is -0.457 e. The van der Waals surface area contributed by atoms with E-state index in [2.05, 4.69) is 6.07 Å². The maximum Gasteiger partial charge on any atom is 0.338 e. The van der Waals surface area contributed by atoms with Gasteiger partial charge in [0, 0.05) is 24.5 Å². The van der Waals surface area contributed by atoms with Crippen molar-refractivity contribution >= 4 is 27.2 Å². The first-order chi connectivity index (χ1) is 13.4. The first kappa shape index (κ1) is 18.1. The lowest BCUT2D eigenvalue weighted by Gasteiger charge is -2.16. The Hall–Kier alpha value is -3.31. The highest BCUT2D eigenvalue weighted by Gasteiger charge is 2.27. The maximum absolute atomic E-state index is 12.5. The van der Waals surface area contributed by atoms with Crippen LogP contribution >= 0.6 is 0 Å². The summed E-state index contributed by atoms with van der Waals surface area (Å²) < 4.78 is 32.2. The second-order valence-electron chi connectivity index (χ2n) is 6.64. The smallest absolute Gasteiger partial charge is 0.338 e. The molecular weight excluding hydrogens is 378 g/mol. The Balaban J connectivity index is 1.54. The van der Waals surface area contributed by atoms with E-state index in [0.29, 0.717) is 35.3 Å². The summed E-state index contributed by atoms with van der Waals surface area (Å²) in [5, 5.41) is 9.43. The monoisotopic (exact) mass is 395 g/mol. The second-order valence-corrected chi connectivity index (χ2v) is 8.55. The number of pyridine rings is 1. The number of ether oxygens (including phenoxy) is 1. The molecule has 0 atom stereocenters. The topological polar surface area (TPSA) is 91.9 Å².